The number of aromatic nitrogens is 4. The predicted molar refractivity (Wildman–Crippen MR) is 101 cm³/mol. The van der Waals surface area contributed by atoms with E-state index in [1.54, 1.807) is 9.42 Å². The summed E-state index contributed by atoms with van der Waals surface area (Å²) < 4.78 is 1.73. The lowest BCUT2D eigenvalue weighted by atomic mass is 10.0. The number of amides is 1. The number of benzene rings is 1. The van der Waals surface area contributed by atoms with Crippen LogP contribution in [0, 0.1) is 27.7 Å². The minimum Gasteiger partial charge on any atom is -0.341 e. The Hall–Kier alpha value is -2.76. The van der Waals surface area contributed by atoms with Crippen LogP contribution in [0.1, 0.15) is 40.1 Å². The summed E-state index contributed by atoms with van der Waals surface area (Å²) in [5.41, 5.74) is 6.61. The third-order valence-corrected chi connectivity index (χ3v) is 4.91. The summed E-state index contributed by atoms with van der Waals surface area (Å²) in [5, 5.41) is 4.20. The fourth-order valence-corrected chi connectivity index (χ4v) is 3.31. The van der Waals surface area contributed by atoms with Gasteiger partial charge in [-0.3, -0.25) is 4.79 Å². The summed E-state index contributed by atoms with van der Waals surface area (Å²) in [6, 6.07) is 6.34. The standard InChI is InChI=1S/C20H25N5O/c1-13-6-7-17(14(2)10-13)11-24(5)19(26)9-8-18-15(3)23-20-21-12-22-25(20)16(18)4/h6-7,10,12H,8-9,11H2,1-5H3. The van der Waals surface area contributed by atoms with Gasteiger partial charge in [0.1, 0.15) is 6.33 Å². The van der Waals surface area contributed by atoms with Crippen LogP contribution < -0.4 is 0 Å². The van der Waals surface area contributed by atoms with Crippen molar-refractivity contribution >= 4 is 11.7 Å². The van der Waals surface area contributed by atoms with E-state index in [0.717, 1.165) is 17.0 Å². The molecular formula is C20H25N5O. The summed E-state index contributed by atoms with van der Waals surface area (Å²) >= 11 is 0. The van der Waals surface area contributed by atoms with E-state index in [-0.39, 0.29) is 5.91 Å². The Bertz CT molecular complexity index is 960. The molecule has 136 valence electrons. The number of rotatable bonds is 5. The van der Waals surface area contributed by atoms with E-state index in [9.17, 15) is 4.79 Å². The van der Waals surface area contributed by atoms with Crippen LogP contribution in [0.25, 0.3) is 5.78 Å². The Morgan fingerprint density at radius 2 is 1.96 bits per heavy atom. The summed E-state index contributed by atoms with van der Waals surface area (Å²) in [4.78, 5) is 23.0. The maximum Gasteiger partial charge on any atom is 0.252 e. The molecule has 0 aliphatic heterocycles. The highest BCUT2D eigenvalue weighted by atomic mass is 16.2. The highest BCUT2D eigenvalue weighted by molar-refractivity contribution is 5.76. The molecule has 0 saturated carbocycles. The van der Waals surface area contributed by atoms with Gasteiger partial charge in [0.2, 0.25) is 5.91 Å². The van der Waals surface area contributed by atoms with Gasteiger partial charge in [-0.05, 0) is 50.8 Å². The van der Waals surface area contributed by atoms with Crippen molar-refractivity contribution in [3.63, 3.8) is 0 Å². The fraction of sp³-hybridized carbons (Fsp3) is 0.400. The Kier molecular flexibility index (Phi) is 5.02. The topological polar surface area (TPSA) is 63.4 Å². The van der Waals surface area contributed by atoms with Crippen LogP contribution >= 0.6 is 0 Å². The monoisotopic (exact) mass is 351 g/mol. The van der Waals surface area contributed by atoms with Gasteiger partial charge >= 0.3 is 0 Å². The van der Waals surface area contributed by atoms with Crippen molar-refractivity contribution in [2.75, 3.05) is 7.05 Å². The maximum absolute atomic E-state index is 12.6. The minimum atomic E-state index is 0.127. The Balaban J connectivity index is 1.68. The van der Waals surface area contributed by atoms with E-state index >= 15 is 0 Å². The molecule has 1 amide bonds. The van der Waals surface area contributed by atoms with Crippen molar-refractivity contribution in [2.45, 2.75) is 47.1 Å². The normalized spacial score (nSPS) is 11.1. The largest absolute Gasteiger partial charge is 0.341 e. The second-order valence-electron chi connectivity index (χ2n) is 6.91. The molecule has 0 N–H and O–H groups in total. The fourth-order valence-electron chi connectivity index (χ4n) is 3.31. The Morgan fingerprint density at radius 1 is 1.19 bits per heavy atom. The van der Waals surface area contributed by atoms with Crippen molar-refractivity contribution in [2.24, 2.45) is 0 Å². The molecule has 0 fully saturated rings. The zero-order valence-corrected chi connectivity index (χ0v) is 16.1. The molecular weight excluding hydrogens is 326 g/mol. The third kappa shape index (κ3) is 3.59. The van der Waals surface area contributed by atoms with Crippen LogP contribution in [0.3, 0.4) is 0 Å². The van der Waals surface area contributed by atoms with Crippen molar-refractivity contribution in [3.8, 4) is 0 Å². The molecule has 0 spiro atoms. The van der Waals surface area contributed by atoms with Crippen molar-refractivity contribution in [1.82, 2.24) is 24.5 Å². The van der Waals surface area contributed by atoms with E-state index in [1.807, 2.05) is 20.9 Å². The quantitative estimate of drug-likeness (QED) is 0.709. The number of carbonyl (C=O) groups excluding carboxylic acids is 1. The minimum absolute atomic E-state index is 0.127. The first-order valence-corrected chi connectivity index (χ1v) is 8.82. The molecule has 0 bridgehead atoms. The number of hydrogen-bond acceptors (Lipinski definition) is 4. The van der Waals surface area contributed by atoms with Crippen molar-refractivity contribution in [1.29, 1.82) is 0 Å². The van der Waals surface area contributed by atoms with Crippen molar-refractivity contribution in [3.05, 3.63) is 58.2 Å². The number of carbonyl (C=O) groups is 1. The summed E-state index contributed by atoms with van der Waals surface area (Å²) in [6.07, 6.45) is 2.60. The summed E-state index contributed by atoms with van der Waals surface area (Å²) in [6.45, 7) is 8.75. The molecule has 0 atom stereocenters. The van der Waals surface area contributed by atoms with Gasteiger partial charge in [-0.1, -0.05) is 23.8 Å². The lowest BCUT2D eigenvalue weighted by molar-refractivity contribution is -0.130. The van der Waals surface area contributed by atoms with Gasteiger partial charge in [-0.2, -0.15) is 10.1 Å². The van der Waals surface area contributed by atoms with E-state index < -0.39 is 0 Å². The van der Waals surface area contributed by atoms with Crippen LogP contribution in [0.5, 0.6) is 0 Å². The highest BCUT2D eigenvalue weighted by Gasteiger charge is 2.15. The van der Waals surface area contributed by atoms with Gasteiger partial charge in [-0.25, -0.2) is 9.50 Å². The molecule has 6 nitrogen and oxygen atoms in total. The van der Waals surface area contributed by atoms with Crippen LogP contribution in [-0.4, -0.2) is 37.4 Å². The number of aryl methyl sites for hydroxylation is 4. The average molecular weight is 351 g/mol. The van der Waals surface area contributed by atoms with Gasteiger partial charge in [0, 0.05) is 31.4 Å². The lowest BCUT2D eigenvalue weighted by Crippen LogP contribution is -2.27. The van der Waals surface area contributed by atoms with E-state index in [4.69, 9.17) is 0 Å². The van der Waals surface area contributed by atoms with E-state index in [2.05, 4.69) is 47.1 Å². The first-order chi connectivity index (χ1) is 12.4. The molecule has 3 rings (SSSR count). The van der Waals surface area contributed by atoms with Crippen LogP contribution in [0.15, 0.2) is 24.5 Å². The van der Waals surface area contributed by atoms with Gasteiger partial charge in [-0.15, -0.1) is 0 Å². The summed E-state index contributed by atoms with van der Waals surface area (Å²) in [7, 11) is 1.86. The molecule has 3 aromatic rings. The molecule has 0 aliphatic carbocycles. The van der Waals surface area contributed by atoms with Crippen LogP contribution in [-0.2, 0) is 17.8 Å². The van der Waals surface area contributed by atoms with Gasteiger partial charge in [0.05, 0.1) is 0 Å². The second-order valence-corrected chi connectivity index (χ2v) is 6.91. The van der Waals surface area contributed by atoms with Gasteiger partial charge in [0.25, 0.3) is 5.78 Å². The second kappa shape index (κ2) is 7.23. The zero-order chi connectivity index (χ0) is 18.8. The van der Waals surface area contributed by atoms with E-state index in [1.165, 1.54) is 23.0 Å². The predicted octanol–water partition coefficient (Wildman–Crippen LogP) is 2.95. The summed E-state index contributed by atoms with van der Waals surface area (Å²) in [5.74, 6) is 0.726. The highest BCUT2D eigenvalue weighted by Crippen LogP contribution is 2.17. The lowest BCUT2D eigenvalue weighted by Gasteiger charge is -2.19. The molecule has 26 heavy (non-hydrogen) atoms. The SMILES string of the molecule is Cc1ccc(CN(C)C(=O)CCc2c(C)nc3ncnn3c2C)c(C)c1. The number of nitrogens with zero attached hydrogens (tertiary/aromatic N) is 5. The molecule has 2 aromatic heterocycles. The molecule has 0 saturated heterocycles. The zero-order valence-electron chi connectivity index (χ0n) is 16.1. The smallest absolute Gasteiger partial charge is 0.252 e. The Morgan fingerprint density at radius 3 is 2.69 bits per heavy atom. The molecule has 1 aromatic carbocycles. The van der Waals surface area contributed by atoms with Gasteiger partial charge < -0.3 is 4.90 Å². The molecule has 0 aliphatic rings. The van der Waals surface area contributed by atoms with Crippen LogP contribution in [0.4, 0.5) is 0 Å². The first-order valence-electron chi connectivity index (χ1n) is 8.82. The van der Waals surface area contributed by atoms with Crippen molar-refractivity contribution < 1.29 is 4.79 Å². The Labute approximate surface area is 153 Å². The molecule has 6 heteroatoms. The number of hydrogen-bond donors (Lipinski definition) is 0. The molecule has 0 radical (unpaired) electrons. The molecule has 2 heterocycles. The number of fused-ring (bicyclic) bond motifs is 1. The maximum atomic E-state index is 12.6. The van der Waals surface area contributed by atoms with E-state index in [0.29, 0.717) is 25.2 Å². The molecule has 0 unspecified atom stereocenters. The van der Waals surface area contributed by atoms with Gasteiger partial charge in [0.15, 0.2) is 0 Å². The average Bonchev–Trinajstić information content (AvgIpc) is 3.05. The third-order valence-electron chi connectivity index (χ3n) is 4.91. The first kappa shape index (κ1) is 18.0. The van der Waals surface area contributed by atoms with Crippen LogP contribution in [0.2, 0.25) is 0 Å².